The van der Waals surface area contributed by atoms with Gasteiger partial charge in [-0.05, 0) is 35.2 Å². The Bertz CT molecular complexity index is 865. The Hall–Kier alpha value is -3.02. The number of rotatable bonds is 3. The van der Waals surface area contributed by atoms with E-state index in [1.165, 1.54) is 6.92 Å². The van der Waals surface area contributed by atoms with E-state index in [2.05, 4.69) is 5.32 Å². The zero-order valence-electron chi connectivity index (χ0n) is 14.5. The number of hydrogen-bond donors (Lipinski definition) is 1. The van der Waals surface area contributed by atoms with Crippen molar-refractivity contribution in [3.63, 3.8) is 0 Å². The molecule has 6 nitrogen and oxygen atoms in total. The van der Waals surface area contributed by atoms with Gasteiger partial charge in [-0.1, -0.05) is 30.3 Å². The van der Waals surface area contributed by atoms with Crippen LogP contribution in [0.5, 0.6) is 11.5 Å². The summed E-state index contributed by atoms with van der Waals surface area (Å²) in [5.41, 5.74) is 2.94. The number of nitrogens with one attached hydrogen (secondary N) is 1. The molecule has 0 spiro atoms. The fraction of sp³-hybridized carbons (Fsp3) is 0.300. The first-order valence-corrected chi connectivity index (χ1v) is 8.65. The number of ether oxygens (including phenoxy) is 2. The minimum absolute atomic E-state index is 0.0947. The molecule has 2 amide bonds. The van der Waals surface area contributed by atoms with Crippen LogP contribution in [0.25, 0.3) is 0 Å². The lowest BCUT2D eigenvalue weighted by Gasteiger charge is -2.35. The lowest BCUT2D eigenvalue weighted by molar-refractivity contribution is -0.139. The largest absolute Gasteiger partial charge is 0.454 e. The van der Waals surface area contributed by atoms with E-state index >= 15 is 0 Å². The van der Waals surface area contributed by atoms with Gasteiger partial charge in [-0.3, -0.25) is 9.59 Å². The highest BCUT2D eigenvalue weighted by atomic mass is 16.7. The third-order valence-electron chi connectivity index (χ3n) is 4.84. The molecule has 0 radical (unpaired) electrons. The number of carbonyl (C=O) groups excluding carboxylic acids is 2. The molecule has 134 valence electrons. The van der Waals surface area contributed by atoms with Crippen LogP contribution in [0.1, 0.15) is 29.7 Å². The first-order valence-electron chi connectivity index (χ1n) is 8.65. The van der Waals surface area contributed by atoms with Crippen LogP contribution in [0.2, 0.25) is 0 Å². The number of carbonyl (C=O) groups is 2. The highest BCUT2D eigenvalue weighted by Gasteiger charge is 2.34. The standard InChI is InChI=1S/C20H20N2O4/c1-13(23)22-9-8-15-4-2-3-5-16(15)19(22)20(24)21-11-14-6-7-17-18(10-14)26-12-25-17/h2-7,10,19H,8-9,11-12H2,1H3,(H,21,24)/t19-/m0/s1. The van der Waals surface area contributed by atoms with Crippen molar-refractivity contribution in [2.45, 2.75) is 25.9 Å². The van der Waals surface area contributed by atoms with E-state index < -0.39 is 6.04 Å². The van der Waals surface area contributed by atoms with Gasteiger partial charge in [0.15, 0.2) is 11.5 Å². The van der Waals surface area contributed by atoms with Crippen molar-refractivity contribution in [3.8, 4) is 11.5 Å². The lowest BCUT2D eigenvalue weighted by atomic mass is 9.92. The number of benzene rings is 2. The Morgan fingerprint density at radius 2 is 1.96 bits per heavy atom. The van der Waals surface area contributed by atoms with E-state index in [1.54, 1.807) is 4.90 Å². The summed E-state index contributed by atoms with van der Waals surface area (Å²) in [6.07, 6.45) is 0.766. The fourth-order valence-corrected chi connectivity index (χ4v) is 3.53. The van der Waals surface area contributed by atoms with Gasteiger partial charge in [-0.2, -0.15) is 0 Å². The molecule has 2 aliphatic rings. The van der Waals surface area contributed by atoms with E-state index in [0.717, 1.165) is 23.1 Å². The molecule has 6 heteroatoms. The second kappa shape index (κ2) is 6.71. The highest BCUT2D eigenvalue weighted by Crippen LogP contribution is 2.33. The van der Waals surface area contributed by atoms with Crippen molar-refractivity contribution in [3.05, 3.63) is 59.2 Å². The normalized spacial score (nSPS) is 17.6. The maximum absolute atomic E-state index is 12.9. The van der Waals surface area contributed by atoms with Crippen molar-refractivity contribution >= 4 is 11.8 Å². The molecule has 4 rings (SSSR count). The minimum atomic E-state index is -0.591. The Morgan fingerprint density at radius 3 is 2.81 bits per heavy atom. The quantitative estimate of drug-likeness (QED) is 0.919. The minimum Gasteiger partial charge on any atom is -0.454 e. The predicted octanol–water partition coefficient (Wildman–Crippen LogP) is 2.18. The second-order valence-corrected chi connectivity index (χ2v) is 6.47. The summed E-state index contributed by atoms with van der Waals surface area (Å²) in [4.78, 5) is 26.6. The van der Waals surface area contributed by atoms with Crippen LogP contribution in [0.3, 0.4) is 0 Å². The molecule has 0 saturated carbocycles. The average Bonchev–Trinajstić information content (AvgIpc) is 3.12. The van der Waals surface area contributed by atoms with Gasteiger partial charge in [0, 0.05) is 20.0 Å². The number of amides is 2. The van der Waals surface area contributed by atoms with Crippen LogP contribution in [0.15, 0.2) is 42.5 Å². The SMILES string of the molecule is CC(=O)N1CCc2ccccc2[C@H]1C(=O)NCc1ccc2c(c1)OCO2. The third kappa shape index (κ3) is 2.98. The zero-order valence-corrected chi connectivity index (χ0v) is 14.5. The van der Waals surface area contributed by atoms with E-state index in [9.17, 15) is 9.59 Å². The Balaban J connectivity index is 1.53. The summed E-state index contributed by atoms with van der Waals surface area (Å²) < 4.78 is 10.7. The molecular weight excluding hydrogens is 332 g/mol. The van der Waals surface area contributed by atoms with Crippen molar-refractivity contribution < 1.29 is 19.1 Å². The third-order valence-corrected chi connectivity index (χ3v) is 4.84. The molecule has 0 saturated heterocycles. The number of fused-ring (bicyclic) bond motifs is 2. The first kappa shape index (κ1) is 16.4. The molecule has 2 aliphatic heterocycles. The molecule has 0 aromatic heterocycles. The van der Waals surface area contributed by atoms with Crippen molar-refractivity contribution in [2.24, 2.45) is 0 Å². The van der Waals surface area contributed by atoms with Gasteiger partial charge in [0.25, 0.3) is 0 Å². The smallest absolute Gasteiger partial charge is 0.247 e. The molecule has 0 unspecified atom stereocenters. The first-order chi connectivity index (χ1) is 12.6. The Labute approximate surface area is 151 Å². The molecule has 0 fully saturated rings. The van der Waals surface area contributed by atoms with Gasteiger partial charge in [0.05, 0.1) is 0 Å². The molecule has 0 bridgehead atoms. The summed E-state index contributed by atoms with van der Waals surface area (Å²) in [7, 11) is 0. The number of hydrogen-bond acceptors (Lipinski definition) is 4. The monoisotopic (exact) mass is 352 g/mol. The molecule has 1 N–H and O–H groups in total. The fourth-order valence-electron chi connectivity index (χ4n) is 3.53. The summed E-state index contributed by atoms with van der Waals surface area (Å²) in [5, 5.41) is 2.96. The summed E-state index contributed by atoms with van der Waals surface area (Å²) in [6, 6.07) is 12.8. The molecule has 26 heavy (non-hydrogen) atoms. The molecule has 2 heterocycles. The van der Waals surface area contributed by atoms with E-state index in [-0.39, 0.29) is 18.6 Å². The van der Waals surface area contributed by atoms with E-state index in [1.807, 2.05) is 42.5 Å². The van der Waals surface area contributed by atoms with Crippen molar-refractivity contribution in [1.29, 1.82) is 0 Å². The van der Waals surface area contributed by atoms with Gasteiger partial charge in [-0.15, -0.1) is 0 Å². The molecular formula is C20H20N2O4. The summed E-state index contributed by atoms with van der Waals surface area (Å²) >= 11 is 0. The molecule has 2 aromatic rings. The van der Waals surface area contributed by atoms with Gasteiger partial charge < -0.3 is 19.7 Å². The van der Waals surface area contributed by atoms with Gasteiger partial charge in [0.2, 0.25) is 18.6 Å². The van der Waals surface area contributed by atoms with Crippen LogP contribution in [-0.2, 0) is 22.6 Å². The molecule has 1 atom stereocenters. The van der Waals surface area contributed by atoms with Crippen LogP contribution in [-0.4, -0.2) is 30.1 Å². The summed E-state index contributed by atoms with van der Waals surface area (Å²) in [5.74, 6) is 1.13. The van der Waals surface area contributed by atoms with Gasteiger partial charge in [-0.25, -0.2) is 0 Å². The van der Waals surface area contributed by atoms with E-state index in [0.29, 0.717) is 24.6 Å². The Kier molecular flexibility index (Phi) is 4.24. The average molecular weight is 352 g/mol. The van der Waals surface area contributed by atoms with Crippen LogP contribution in [0, 0.1) is 0 Å². The van der Waals surface area contributed by atoms with Crippen LogP contribution < -0.4 is 14.8 Å². The highest BCUT2D eigenvalue weighted by molar-refractivity contribution is 5.88. The molecule has 2 aromatic carbocycles. The van der Waals surface area contributed by atoms with E-state index in [4.69, 9.17) is 9.47 Å². The zero-order chi connectivity index (χ0) is 18.1. The number of nitrogens with zero attached hydrogens (tertiary/aromatic N) is 1. The van der Waals surface area contributed by atoms with Gasteiger partial charge in [0.1, 0.15) is 6.04 Å². The van der Waals surface area contributed by atoms with Crippen LogP contribution >= 0.6 is 0 Å². The van der Waals surface area contributed by atoms with Gasteiger partial charge >= 0.3 is 0 Å². The second-order valence-electron chi connectivity index (χ2n) is 6.47. The molecule has 0 aliphatic carbocycles. The predicted molar refractivity (Wildman–Crippen MR) is 94.7 cm³/mol. The van der Waals surface area contributed by atoms with Crippen molar-refractivity contribution in [2.75, 3.05) is 13.3 Å². The maximum atomic E-state index is 12.9. The summed E-state index contributed by atoms with van der Waals surface area (Å²) in [6.45, 7) is 2.64. The topological polar surface area (TPSA) is 67.9 Å². The maximum Gasteiger partial charge on any atom is 0.247 e. The van der Waals surface area contributed by atoms with Crippen molar-refractivity contribution in [1.82, 2.24) is 10.2 Å². The lowest BCUT2D eigenvalue weighted by Crippen LogP contribution is -2.46. The Morgan fingerprint density at radius 1 is 1.15 bits per heavy atom. The van der Waals surface area contributed by atoms with Crippen LogP contribution in [0.4, 0.5) is 0 Å².